The molecule has 2 atom stereocenters. The Kier molecular flexibility index (Phi) is 7.40. The van der Waals surface area contributed by atoms with Crippen molar-refractivity contribution in [2.45, 2.75) is 44.4 Å². The second-order valence-corrected chi connectivity index (χ2v) is 9.37. The van der Waals surface area contributed by atoms with Crippen molar-refractivity contribution in [2.75, 3.05) is 7.05 Å². The van der Waals surface area contributed by atoms with Crippen LogP contribution in [0.3, 0.4) is 0 Å². The van der Waals surface area contributed by atoms with Crippen LogP contribution in [-0.4, -0.2) is 53.0 Å². The minimum atomic E-state index is -0.872. The average molecular weight is 489 g/mol. The summed E-state index contributed by atoms with van der Waals surface area (Å²) < 4.78 is 0. The lowest BCUT2D eigenvalue weighted by Gasteiger charge is -2.28. The number of benzene rings is 2. The van der Waals surface area contributed by atoms with E-state index in [1.807, 2.05) is 60.9 Å². The van der Waals surface area contributed by atoms with Gasteiger partial charge in [0.15, 0.2) is 0 Å². The molecule has 0 fully saturated rings. The number of carbonyl (C=O) groups is 3. The lowest BCUT2D eigenvalue weighted by Crippen LogP contribution is -2.59. The molecule has 2 heterocycles. The summed E-state index contributed by atoms with van der Waals surface area (Å²) in [7, 11) is 1.69. The van der Waals surface area contributed by atoms with E-state index in [-0.39, 0.29) is 18.2 Å². The average Bonchev–Trinajstić information content (AvgIpc) is 3.48. The first-order valence-electron chi connectivity index (χ1n) is 11.9. The molecular weight excluding hydrogens is 456 g/mol. The molecule has 188 valence electrons. The van der Waals surface area contributed by atoms with Crippen molar-refractivity contribution in [3.63, 3.8) is 0 Å². The van der Waals surface area contributed by atoms with Gasteiger partial charge in [-0.05, 0) is 44.2 Å². The third-order valence-electron chi connectivity index (χ3n) is 6.60. The van der Waals surface area contributed by atoms with Crippen LogP contribution in [0.2, 0.25) is 0 Å². The van der Waals surface area contributed by atoms with E-state index in [1.54, 1.807) is 20.9 Å². The number of aromatic nitrogens is 2. The molecular formula is C27H32N6O3. The lowest BCUT2D eigenvalue weighted by molar-refractivity contribution is -0.132. The van der Waals surface area contributed by atoms with E-state index < -0.39 is 17.7 Å². The summed E-state index contributed by atoms with van der Waals surface area (Å²) in [4.78, 5) is 44.3. The van der Waals surface area contributed by atoms with Gasteiger partial charge in [0, 0.05) is 47.0 Å². The fourth-order valence-electron chi connectivity index (χ4n) is 4.21. The minimum absolute atomic E-state index is 0.280. The zero-order chi connectivity index (χ0) is 25.7. The highest BCUT2D eigenvalue weighted by Crippen LogP contribution is 2.21. The van der Waals surface area contributed by atoms with Crippen molar-refractivity contribution >= 4 is 40.0 Å². The smallest absolute Gasteiger partial charge is 0.244 e. The highest BCUT2D eigenvalue weighted by molar-refractivity contribution is 5.93. The summed E-state index contributed by atoms with van der Waals surface area (Å²) in [5.74, 6) is -0.693. The minimum Gasteiger partial charge on any atom is -0.361 e. The molecule has 3 amide bonds. The van der Waals surface area contributed by atoms with E-state index >= 15 is 0 Å². The largest absolute Gasteiger partial charge is 0.361 e. The van der Waals surface area contributed by atoms with Crippen LogP contribution in [0.5, 0.6) is 0 Å². The SMILES string of the molecule is CNC(C)(C)C(=O)N[C@H](Cc1c[nH]c2ccccc12)C(=O)N[C@H](Cc1c[nH]c2ccccc12)NC=O. The Bertz CT molecular complexity index is 1370. The lowest BCUT2D eigenvalue weighted by atomic mass is 10.0. The predicted molar refractivity (Wildman–Crippen MR) is 140 cm³/mol. The second kappa shape index (κ2) is 10.7. The molecule has 9 heteroatoms. The van der Waals surface area contributed by atoms with Crippen molar-refractivity contribution in [3.8, 4) is 0 Å². The zero-order valence-corrected chi connectivity index (χ0v) is 20.6. The number of fused-ring (bicyclic) bond motifs is 2. The maximum absolute atomic E-state index is 13.5. The first-order valence-corrected chi connectivity index (χ1v) is 11.9. The molecule has 0 saturated heterocycles. The van der Waals surface area contributed by atoms with Gasteiger partial charge in [-0.15, -0.1) is 0 Å². The van der Waals surface area contributed by atoms with Crippen LogP contribution in [0.4, 0.5) is 0 Å². The Morgan fingerprint density at radius 3 is 2.00 bits per heavy atom. The standard InChI is InChI=1S/C27H32N6O3/c1-27(2,28-3)26(36)32-23(12-17-14-29-21-10-6-4-8-19(17)21)25(35)33-24(31-16-34)13-18-15-30-22-11-7-5-9-20(18)22/h4-11,14-16,23-24,28-30H,12-13H2,1-3H3,(H,31,34)(H,32,36)(H,33,35)/t23-,24-/m1/s1. The third-order valence-corrected chi connectivity index (χ3v) is 6.60. The fraction of sp³-hybridized carbons (Fsp3) is 0.296. The van der Waals surface area contributed by atoms with Crippen molar-refractivity contribution in [1.82, 2.24) is 31.2 Å². The van der Waals surface area contributed by atoms with Crippen LogP contribution in [-0.2, 0) is 27.2 Å². The van der Waals surface area contributed by atoms with Crippen molar-refractivity contribution < 1.29 is 14.4 Å². The molecule has 0 aliphatic heterocycles. The summed E-state index contributed by atoms with van der Waals surface area (Å²) in [6.07, 6.45) is 4.29. The molecule has 2 aromatic heterocycles. The molecule has 2 aromatic carbocycles. The summed E-state index contributed by atoms with van der Waals surface area (Å²) in [5, 5.41) is 13.5. The van der Waals surface area contributed by atoms with Crippen molar-refractivity contribution in [3.05, 3.63) is 72.1 Å². The Morgan fingerprint density at radius 1 is 0.889 bits per heavy atom. The Balaban J connectivity index is 1.57. The molecule has 0 unspecified atom stereocenters. The molecule has 0 bridgehead atoms. The van der Waals surface area contributed by atoms with E-state index in [1.165, 1.54) is 0 Å². The van der Waals surface area contributed by atoms with Gasteiger partial charge in [-0.25, -0.2) is 0 Å². The molecule has 0 spiro atoms. The van der Waals surface area contributed by atoms with Crippen LogP contribution >= 0.6 is 0 Å². The van der Waals surface area contributed by atoms with Gasteiger partial charge in [0.1, 0.15) is 12.2 Å². The highest BCUT2D eigenvalue weighted by atomic mass is 16.2. The van der Waals surface area contributed by atoms with E-state index in [0.29, 0.717) is 12.8 Å². The number of rotatable bonds is 11. The molecule has 0 radical (unpaired) electrons. The molecule has 9 nitrogen and oxygen atoms in total. The van der Waals surface area contributed by atoms with E-state index in [9.17, 15) is 14.4 Å². The van der Waals surface area contributed by atoms with Crippen LogP contribution < -0.4 is 21.3 Å². The number of nitrogens with one attached hydrogen (secondary N) is 6. The monoisotopic (exact) mass is 488 g/mol. The number of H-pyrrole nitrogens is 2. The van der Waals surface area contributed by atoms with Gasteiger partial charge in [-0.1, -0.05) is 36.4 Å². The Morgan fingerprint density at radius 2 is 1.44 bits per heavy atom. The van der Waals surface area contributed by atoms with Crippen molar-refractivity contribution in [2.24, 2.45) is 0 Å². The number of hydrogen-bond acceptors (Lipinski definition) is 4. The highest BCUT2D eigenvalue weighted by Gasteiger charge is 2.31. The van der Waals surface area contributed by atoms with E-state index in [4.69, 9.17) is 0 Å². The number of hydrogen-bond donors (Lipinski definition) is 6. The normalized spacial score (nSPS) is 13.3. The summed E-state index contributed by atoms with van der Waals surface area (Å²) in [5.41, 5.74) is 2.92. The second-order valence-electron chi connectivity index (χ2n) is 9.37. The number of carbonyl (C=O) groups excluding carboxylic acids is 3. The summed E-state index contributed by atoms with van der Waals surface area (Å²) >= 11 is 0. The first kappa shape index (κ1) is 25.0. The Labute approximate surface area is 209 Å². The molecule has 0 saturated carbocycles. The molecule has 0 aliphatic carbocycles. The Hall–Kier alpha value is -4.11. The van der Waals surface area contributed by atoms with Gasteiger partial charge in [0.25, 0.3) is 0 Å². The number of likely N-dealkylation sites (N-methyl/N-ethyl adjacent to an activating group) is 1. The third kappa shape index (κ3) is 5.41. The zero-order valence-electron chi connectivity index (χ0n) is 20.6. The number of para-hydroxylation sites is 2. The topological polar surface area (TPSA) is 131 Å². The summed E-state index contributed by atoms with van der Waals surface area (Å²) in [6.45, 7) is 3.49. The van der Waals surface area contributed by atoms with E-state index in [0.717, 1.165) is 32.9 Å². The maximum atomic E-state index is 13.5. The molecule has 4 rings (SSSR count). The fourth-order valence-corrected chi connectivity index (χ4v) is 4.21. The van der Waals surface area contributed by atoms with Crippen LogP contribution in [0.1, 0.15) is 25.0 Å². The van der Waals surface area contributed by atoms with Gasteiger partial charge >= 0.3 is 0 Å². The van der Waals surface area contributed by atoms with Crippen LogP contribution in [0, 0.1) is 0 Å². The first-order chi connectivity index (χ1) is 17.3. The predicted octanol–water partition coefficient (Wildman–Crippen LogP) is 2.11. The quantitative estimate of drug-likeness (QED) is 0.143. The number of aromatic amines is 2. The molecule has 6 N–H and O–H groups in total. The van der Waals surface area contributed by atoms with Gasteiger partial charge in [-0.2, -0.15) is 0 Å². The molecule has 4 aromatic rings. The molecule has 0 aliphatic rings. The van der Waals surface area contributed by atoms with Crippen LogP contribution in [0.25, 0.3) is 21.8 Å². The molecule has 36 heavy (non-hydrogen) atoms. The maximum Gasteiger partial charge on any atom is 0.244 e. The van der Waals surface area contributed by atoms with Crippen molar-refractivity contribution in [1.29, 1.82) is 0 Å². The van der Waals surface area contributed by atoms with Crippen LogP contribution in [0.15, 0.2) is 60.9 Å². The van der Waals surface area contributed by atoms with Gasteiger partial charge < -0.3 is 31.2 Å². The summed E-state index contributed by atoms with van der Waals surface area (Å²) in [6, 6.07) is 14.8. The van der Waals surface area contributed by atoms with E-state index in [2.05, 4.69) is 31.2 Å². The van der Waals surface area contributed by atoms with Gasteiger partial charge in [0.2, 0.25) is 18.2 Å². The van der Waals surface area contributed by atoms with Gasteiger partial charge in [-0.3, -0.25) is 14.4 Å². The number of amides is 3. The van der Waals surface area contributed by atoms with Gasteiger partial charge in [0.05, 0.1) is 5.54 Å².